The van der Waals surface area contributed by atoms with Gasteiger partial charge in [0, 0.05) is 0 Å². The second-order valence-corrected chi connectivity index (χ2v) is 8.82. The Balaban J connectivity index is 3.27. The lowest BCUT2D eigenvalue weighted by molar-refractivity contribution is -0.153. The lowest BCUT2D eigenvalue weighted by Crippen LogP contribution is -2.53. The number of carbonyl (C=O) groups excluding carboxylic acids is 3. The highest BCUT2D eigenvalue weighted by Crippen LogP contribution is 2.50. The maximum absolute atomic E-state index is 13.0. The molecule has 1 atom stereocenters. The van der Waals surface area contributed by atoms with Crippen molar-refractivity contribution in [3.63, 3.8) is 0 Å². The average Bonchev–Trinajstić information content (AvgIpc) is 2.65. The summed E-state index contributed by atoms with van der Waals surface area (Å²) in [5, 5.41) is -0.433. The molecule has 0 spiro atoms. The van der Waals surface area contributed by atoms with Crippen LogP contribution in [0, 0.1) is 16.2 Å². The first kappa shape index (κ1) is 18.2. The van der Waals surface area contributed by atoms with Gasteiger partial charge in [0.1, 0.15) is 0 Å². The second-order valence-electron chi connectivity index (χ2n) is 7.90. The van der Waals surface area contributed by atoms with Crippen molar-refractivity contribution in [2.75, 3.05) is 5.75 Å². The van der Waals surface area contributed by atoms with Gasteiger partial charge in [-0.25, -0.2) is 4.90 Å². The SMILES string of the molecule is CCC(C)(C)C(C)(CC(C)(C)C)C(=O)N1C(=O)CSC1=O. The van der Waals surface area contributed by atoms with Crippen LogP contribution in [-0.4, -0.2) is 27.7 Å². The number of thioether (sulfide) groups is 1. The highest BCUT2D eigenvalue weighted by atomic mass is 32.2. The molecular formula is C16H27NO3S. The predicted octanol–water partition coefficient (Wildman–Crippen LogP) is 4.09. The van der Waals surface area contributed by atoms with E-state index in [0.717, 1.165) is 23.1 Å². The molecular weight excluding hydrogens is 286 g/mol. The van der Waals surface area contributed by atoms with E-state index in [9.17, 15) is 14.4 Å². The monoisotopic (exact) mass is 313 g/mol. The molecule has 0 radical (unpaired) electrons. The molecule has 0 aromatic heterocycles. The van der Waals surface area contributed by atoms with Crippen molar-refractivity contribution in [1.29, 1.82) is 0 Å². The fourth-order valence-electron chi connectivity index (χ4n) is 2.85. The lowest BCUT2D eigenvalue weighted by atomic mass is 9.58. The van der Waals surface area contributed by atoms with Crippen molar-refractivity contribution in [3.05, 3.63) is 0 Å². The quantitative estimate of drug-likeness (QED) is 0.784. The van der Waals surface area contributed by atoms with Crippen LogP contribution in [0.1, 0.15) is 61.3 Å². The third kappa shape index (κ3) is 3.50. The summed E-state index contributed by atoms with van der Waals surface area (Å²) in [4.78, 5) is 37.7. The summed E-state index contributed by atoms with van der Waals surface area (Å²) in [5.74, 6) is -0.658. The first-order valence-corrected chi connectivity index (χ1v) is 8.38. The van der Waals surface area contributed by atoms with Gasteiger partial charge in [0.05, 0.1) is 11.2 Å². The van der Waals surface area contributed by atoms with Crippen LogP contribution in [0.2, 0.25) is 0 Å². The molecule has 5 heteroatoms. The number of imide groups is 3. The van der Waals surface area contributed by atoms with E-state index in [1.807, 2.05) is 27.7 Å². The first-order valence-electron chi connectivity index (χ1n) is 7.40. The number of hydrogen-bond acceptors (Lipinski definition) is 4. The van der Waals surface area contributed by atoms with Gasteiger partial charge in [0.2, 0.25) is 11.8 Å². The smallest absolute Gasteiger partial charge is 0.273 e. The Morgan fingerprint density at radius 2 is 1.67 bits per heavy atom. The lowest BCUT2D eigenvalue weighted by Gasteiger charge is -2.46. The summed E-state index contributed by atoms with van der Waals surface area (Å²) in [6, 6.07) is 0. The Hall–Kier alpha value is -0.840. The van der Waals surface area contributed by atoms with Gasteiger partial charge in [-0.05, 0) is 23.7 Å². The van der Waals surface area contributed by atoms with Gasteiger partial charge in [-0.3, -0.25) is 14.4 Å². The van der Waals surface area contributed by atoms with Crippen LogP contribution in [0.25, 0.3) is 0 Å². The molecule has 1 fully saturated rings. The van der Waals surface area contributed by atoms with Crippen molar-refractivity contribution in [2.45, 2.75) is 61.3 Å². The number of carbonyl (C=O) groups is 3. The molecule has 21 heavy (non-hydrogen) atoms. The minimum Gasteiger partial charge on any atom is -0.273 e. The summed E-state index contributed by atoms with van der Waals surface area (Å²) < 4.78 is 0. The van der Waals surface area contributed by atoms with Crippen LogP contribution >= 0.6 is 11.8 Å². The Morgan fingerprint density at radius 3 is 2.00 bits per heavy atom. The fraction of sp³-hybridized carbons (Fsp3) is 0.812. The molecule has 1 rings (SSSR count). The summed E-state index contributed by atoms with van der Waals surface area (Å²) in [7, 11) is 0. The predicted molar refractivity (Wildman–Crippen MR) is 86.0 cm³/mol. The maximum Gasteiger partial charge on any atom is 0.295 e. The summed E-state index contributed by atoms with van der Waals surface area (Å²) in [6.07, 6.45) is 1.43. The van der Waals surface area contributed by atoms with Gasteiger partial charge < -0.3 is 0 Å². The molecule has 0 saturated carbocycles. The summed E-state index contributed by atoms with van der Waals surface area (Å²) in [5.41, 5.74) is -1.13. The van der Waals surface area contributed by atoms with Gasteiger partial charge >= 0.3 is 0 Å². The van der Waals surface area contributed by atoms with Crippen molar-refractivity contribution in [2.24, 2.45) is 16.2 Å². The minimum atomic E-state index is -0.754. The number of nitrogens with zero attached hydrogens (tertiary/aromatic N) is 1. The van der Waals surface area contributed by atoms with E-state index in [1.54, 1.807) is 0 Å². The first-order chi connectivity index (χ1) is 9.35. The van der Waals surface area contributed by atoms with Gasteiger partial charge in [0.25, 0.3) is 5.24 Å². The van der Waals surface area contributed by atoms with Crippen molar-refractivity contribution in [1.82, 2.24) is 4.90 Å². The zero-order chi connectivity index (χ0) is 16.6. The largest absolute Gasteiger partial charge is 0.295 e. The standard InChI is InChI=1S/C16H27NO3S/c1-8-15(5,6)16(7,10-14(2,3)4)12(19)17-11(18)9-21-13(17)20/h8-10H2,1-7H3. The third-order valence-electron chi connectivity index (χ3n) is 4.69. The molecule has 1 saturated heterocycles. The Morgan fingerprint density at radius 1 is 1.14 bits per heavy atom. The third-order valence-corrected chi connectivity index (χ3v) is 5.51. The molecule has 3 amide bonds. The molecule has 0 aromatic carbocycles. The second kappa shape index (κ2) is 5.75. The van der Waals surface area contributed by atoms with Gasteiger partial charge in [0.15, 0.2) is 0 Å². The molecule has 0 aliphatic carbocycles. The van der Waals surface area contributed by atoms with Crippen molar-refractivity contribution < 1.29 is 14.4 Å². The molecule has 4 nitrogen and oxygen atoms in total. The Labute approximate surface area is 132 Å². The van der Waals surface area contributed by atoms with E-state index in [-0.39, 0.29) is 28.4 Å². The molecule has 1 aliphatic rings. The fourth-order valence-corrected chi connectivity index (χ4v) is 3.54. The minimum absolute atomic E-state index is 0.0721. The van der Waals surface area contributed by atoms with Crippen LogP contribution in [0.15, 0.2) is 0 Å². The molecule has 1 aliphatic heterocycles. The molecule has 0 bridgehead atoms. The van der Waals surface area contributed by atoms with Crippen LogP contribution in [0.4, 0.5) is 4.79 Å². The van der Waals surface area contributed by atoms with E-state index in [0.29, 0.717) is 6.42 Å². The zero-order valence-corrected chi connectivity index (χ0v) is 15.0. The normalized spacial score (nSPS) is 19.9. The number of hydrogen-bond donors (Lipinski definition) is 0. The molecule has 0 aromatic rings. The molecule has 1 unspecified atom stereocenters. The summed E-state index contributed by atoms with van der Waals surface area (Å²) in [6.45, 7) is 14.2. The summed E-state index contributed by atoms with van der Waals surface area (Å²) >= 11 is 0.911. The topological polar surface area (TPSA) is 54.5 Å². The van der Waals surface area contributed by atoms with E-state index in [2.05, 4.69) is 20.8 Å². The van der Waals surface area contributed by atoms with Gasteiger partial charge in [-0.1, -0.05) is 60.2 Å². The van der Waals surface area contributed by atoms with E-state index in [1.165, 1.54) is 0 Å². The van der Waals surface area contributed by atoms with Gasteiger partial charge in [-0.15, -0.1) is 0 Å². The Kier molecular flexibility index (Phi) is 4.98. The average molecular weight is 313 g/mol. The zero-order valence-electron chi connectivity index (χ0n) is 14.2. The van der Waals surface area contributed by atoms with Crippen LogP contribution < -0.4 is 0 Å². The van der Waals surface area contributed by atoms with E-state index in [4.69, 9.17) is 0 Å². The molecule has 120 valence electrons. The van der Waals surface area contributed by atoms with Crippen LogP contribution in [-0.2, 0) is 9.59 Å². The maximum atomic E-state index is 13.0. The number of rotatable bonds is 4. The van der Waals surface area contributed by atoms with Gasteiger partial charge in [-0.2, -0.15) is 0 Å². The van der Waals surface area contributed by atoms with E-state index >= 15 is 0 Å². The van der Waals surface area contributed by atoms with Crippen molar-refractivity contribution >= 4 is 28.8 Å². The Bertz CT molecular complexity index is 449. The molecule has 0 N–H and O–H groups in total. The van der Waals surface area contributed by atoms with E-state index < -0.39 is 10.7 Å². The highest BCUT2D eigenvalue weighted by Gasteiger charge is 2.53. The van der Waals surface area contributed by atoms with Crippen molar-refractivity contribution in [3.8, 4) is 0 Å². The van der Waals surface area contributed by atoms with Crippen LogP contribution in [0.3, 0.4) is 0 Å². The van der Waals surface area contributed by atoms with Crippen LogP contribution in [0.5, 0.6) is 0 Å². The highest BCUT2D eigenvalue weighted by molar-refractivity contribution is 8.14. The number of amides is 3. The molecule has 1 heterocycles.